The van der Waals surface area contributed by atoms with Crippen molar-refractivity contribution in [3.63, 3.8) is 0 Å². The van der Waals surface area contributed by atoms with Crippen molar-refractivity contribution in [1.82, 2.24) is 4.90 Å². The van der Waals surface area contributed by atoms with Crippen molar-refractivity contribution < 1.29 is 24.5 Å². The van der Waals surface area contributed by atoms with Crippen molar-refractivity contribution >= 4 is 6.09 Å². The number of ether oxygens (including phenoxy) is 2. The van der Waals surface area contributed by atoms with Gasteiger partial charge in [-0.2, -0.15) is 0 Å². The number of aliphatic hydroxyl groups excluding tert-OH is 1. The van der Waals surface area contributed by atoms with Crippen LogP contribution in [0.25, 0.3) is 11.1 Å². The summed E-state index contributed by atoms with van der Waals surface area (Å²) in [5.41, 5.74) is 1.29. The van der Waals surface area contributed by atoms with Crippen LogP contribution < -0.4 is 4.74 Å². The van der Waals surface area contributed by atoms with Crippen molar-refractivity contribution in [1.29, 1.82) is 0 Å². The minimum atomic E-state index is -0.877. The van der Waals surface area contributed by atoms with Gasteiger partial charge in [0.2, 0.25) is 0 Å². The Morgan fingerprint density at radius 1 is 1.17 bits per heavy atom. The lowest BCUT2D eigenvalue weighted by Gasteiger charge is -2.31. The first kappa shape index (κ1) is 21.0. The summed E-state index contributed by atoms with van der Waals surface area (Å²) < 4.78 is 11.1. The minimum Gasteiger partial charge on any atom is -0.504 e. The van der Waals surface area contributed by atoms with E-state index in [0.29, 0.717) is 18.7 Å². The van der Waals surface area contributed by atoms with E-state index in [9.17, 15) is 15.0 Å². The predicted octanol–water partition coefficient (Wildman–Crippen LogP) is 4.20. The number of nitrogens with zero attached hydrogens (tertiary/aromatic N) is 1. The summed E-state index contributed by atoms with van der Waals surface area (Å²) in [6.45, 7) is 5.97. The number of phenols is 1. The summed E-state index contributed by atoms with van der Waals surface area (Å²) in [5, 5.41) is 20.9. The van der Waals surface area contributed by atoms with Crippen molar-refractivity contribution in [3.05, 3.63) is 48.5 Å². The molecule has 0 radical (unpaired) electrons. The normalized spacial score (nSPS) is 17.8. The van der Waals surface area contributed by atoms with Crippen LogP contribution in [0.1, 0.15) is 33.6 Å². The Balaban J connectivity index is 1.61. The molecule has 2 aromatic carbocycles. The second-order valence-electron chi connectivity index (χ2n) is 8.31. The Morgan fingerprint density at radius 3 is 2.55 bits per heavy atom. The number of carbonyl (C=O) groups is 1. The van der Waals surface area contributed by atoms with Gasteiger partial charge in [-0.1, -0.05) is 36.4 Å². The average molecular weight is 399 g/mol. The molecule has 1 amide bonds. The first-order chi connectivity index (χ1) is 13.7. The van der Waals surface area contributed by atoms with E-state index in [-0.39, 0.29) is 18.4 Å². The van der Waals surface area contributed by atoms with Crippen LogP contribution in [0.3, 0.4) is 0 Å². The van der Waals surface area contributed by atoms with E-state index in [1.807, 2.05) is 57.2 Å². The topological polar surface area (TPSA) is 79.2 Å². The molecule has 2 N–H and O–H groups in total. The van der Waals surface area contributed by atoms with Crippen molar-refractivity contribution in [2.24, 2.45) is 0 Å². The molecule has 2 aromatic rings. The van der Waals surface area contributed by atoms with Crippen LogP contribution >= 0.6 is 0 Å². The highest BCUT2D eigenvalue weighted by molar-refractivity contribution is 5.69. The molecule has 1 aliphatic heterocycles. The highest BCUT2D eigenvalue weighted by Gasteiger charge is 2.36. The molecule has 2 atom stereocenters. The zero-order valence-electron chi connectivity index (χ0n) is 17.2. The fourth-order valence-electron chi connectivity index (χ4n) is 3.48. The third-order valence-corrected chi connectivity index (χ3v) is 4.85. The van der Waals surface area contributed by atoms with Gasteiger partial charge < -0.3 is 24.6 Å². The van der Waals surface area contributed by atoms with E-state index >= 15 is 0 Å². The summed E-state index contributed by atoms with van der Waals surface area (Å²) in [6, 6.07) is 14.6. The molecule has 1 saturated heterocycles. The van der Waals surface area contributed by atoms with Crippen LogP contribution in [0.5, 0.6) is 11.5 Å². The molecular formula is C23H29NO5. The smallest absolute Gasteiger partial charge is 0.410 e. The van der Waals surface area contributed by atoms with E-state index in [2.05, 4.69) is 0 Å². The lowest BCUT2D eigenvalue weighted by Crippen LogP contribution is -2.46. The summed E-state index contributed by atoms with van der Waals surface area (Å²) in [6.07, 6.45) is 0.188. The van der Waals surface area contributed by atoms with Crippen LogP contribution in [0, 0.1) is 0 Å². The van der Waals surface area contributed by atoms with Gasteiger partial charge in [-0.25, -0.2) is 4.79 Å². The first-order valence-electron chi connectivity index (χ1n) is 9.93. The van der Waals surface area contributed by atoms with Crippen LogP contribution in [0.15, 0.2) is 48.5 Å². The molecule has 0 spiro atoms. The Bertz CT molecular complexity index is 831. The SMILES string of the molecule is CC(C)(C)OC(=O)N1CCC[C@H]1[C@@H](O)COc1ccc(-c2ccccc2)cc1O. The third kappa shape index (κ3) is 5.41. The number of amides is 1. The monoisotopic (exact) mass is 399 g/mol. The van der Waals surface area contributed by atoms with Gasteiger partial charge in [-0.05, 0) is 56.9 Å². The molecule has 6 heteroatoms. The van der Waals surface area contributed by atoms with Gasteiger partial charge in [0.25, 0.3) is 0 Å². The second-order valence-corrected chi connectivity index (χ2v) is 8.31. The molecule has 0 unspecified atom stereocenters. The van der Waals surface area contributed by atoms with Crippen LogP contribution in [0.4, 0.5) is 4.79 Å². The molecule has 3 rings (SSSR count). The summed E-state index contributed by atoms with van der Waals surface area (Å²) >= 11 is 0. The number of phenolic OH excluding ortho intramolecular Hbond substituents is 1. The van der Waals surface area contributed by atoms with Gasteiger partial charge in [-0.15, -0.1) is 0 Å². The zero-order chi connectivity index (χ0) is 21.0. The molecule has 29 heavy (non-hydrogen) atoms. The Labute approximate surface area is 171 Å². The Kier molecular flexibility index (Phi) is 6.33. The third-order valence-electron chi connectivity index (χ3n) is 4.85. The van der Waals surface area contributed by atoms with Crippen LogP contribution in [0.2, 0.25) is 0 Å². The van der Waals surface area contributed by atoms with E-state index in [4.69, 9.17) is 9.47 Å². The van der Waals surface area contributed by atoms with Gasteiger partial charge in [0.05, 0.1) is 6.04 Å². The predicted molar refractivity (Wildman–Crippen MR) is 111 cm³/mol. The summed E-state index contributed by atoms with van der Waals surface area (Å²) in [7, 11) is 0. The number of aliphatic hydroxyl groups is 1. The van der Waals surface area contributed by atoms with E-state index in [0.717, 1.165) is 17.5 Å². The van der Waals surface area contributed by atoms with Crippen LogP contribution in [-0.4, -0.2) is 52.1 Å². The maximum Gasteiger partial charge on any atom is 0.410 e. The molecule has 0 bridgehead atoms. The Morgan fingerprint density at radius 2 is 1.90 bits per heavy atom. The zero-order valence-corrected chi connectivity index (χ0v) is 17.2. The van der Waals surface area contributed by atoms with Gasteiger partial charge in [0.1, 0.15) is 18.3 Å². The largest absolute Gasteiger partial charge is 0.504 e. The molecule has 0 saturated carbocycles. The number of benzene rings is 2. The van der Waals surface area contributed by atoms with Gasteiger partial charge in [-0.3, -0.25) is 0 Å². The molecule has 6 nitrogen and oxygen atoms in total. The fraction of sp³-hybridized carbons (Fsp3) is 0.435. The maximum atomic E-state index is 12.4. The average Bonchev–Trinajstić information content (AvgIpc) is 3.16. The van der Waals surface area contributed by atoms with Crippen molar-refractivity contribution in [2.45, 2.75) is 51.4 Å². The standard InChI is InChI=1S/C23H29NO5/c1-23(2,3)29-22(27)24-13-7-10-18(24)20(26)15-28-21-12-11-17(14-19(21)25)16-8-5-4-6-9-16/h4-6,8-9,11-12,14,18,20,25-26H,7,10,13,15H2,1-3H3/t18-,20-/m0/s1. The number of likely N-dealkylation sites (tertiary alicyclic amines) is 1. The number of aromatic hydroxyl groups is 1. The fourth-order valence-corrected chi connectivity index (χ4v) is 3.48. The van der Waals surface area contributed by atoms with Gasteiger partial charge >= 0.3 is 6.09 Å². The Hall–Kier alpha value is -2.73. The molecule has 0 aliphatic carbocycles. The first-order valence-corrected chi connectivity index (χ1v) is 9.93. The molecule has 0 aromatic heterocycles. The lowest BCUT2D eigenvalue weighted by atomic mass is 10.1. The highest BCUT2D eigenvalue weighted by Crippen LogP contribution is 2.32. The number of hydrogen-bond acceptors (Lipinski definition) is 5. The van der Waals surface area contributed by atoms with E-state index < -0.39 is 17.8 Å². The number of hydrogen-bond donors (Lipinski definition) is 2. The van der Waals surface area contributed by atoms with Gasteiger partial charge in [0, 0.05) is 6.54 Å². The molecular weight excluding hydrogens is 370 g/mol. The highest BCUT2D eigenvalue weighted by atomic mass is 16.6. The maximum absolute atomic E-state index is 12.4. The molecule has 1 heterocycles. The minimum absolute atomic E-state index is 0.00831. The van der Waals surface area contributed by atoms with Crippen molar-refractivity contribution in [3.8, 4) is 22.6 Å². The molecule has 1 aliphatic rings. The summed E-state index contributed by atoms with van der Waals surface area (Å²) in [5.74, 6) is 0.305. The van der Waals surface area contributed by atoms with Crippen molar-refractivity contribution in [2.75, 3.05) is 13.2 Å². The summed E-state index contributed by atoms with van der Waals surface area (Å²) in [4.78, 5) is 14.0. The molecule has 1 fully saturated rings. The number of rotatable bonds is 5. The van der Waals surface area contributed by atoms with E-state index in [1.54, 1.807) is 17.0 Å². The number of carbonyl (C=O) groups excluding carboxylic acids is 1. The van der Waals surface area contributed by atoms with E-state index in [1.165, 1.54) is 0 Å². The lowest BCUT2D eigenvalue weighted by molar-refractivity contribution is -0.00374. The quantitative estimate of drug-likeness (QED) is 0.788. The second kappa shape index (κ2) is 8.74. The molecule has 156 valence electrons. The van der Waals surface area contributed by atoms with Crippen LogP contribution in [-0.2, 0) is 4.74 Å². The van der Waals surface area contributed by atoms with Gasteiger partial charge in [0.15, 0.2) is 11.5 Å².